The van der Waals surface area contributed by atoms with Gasteiger partial charge in [0.05, 0.1) is 12.5 Å². The van der Waals surface area contributed by atoms with Gasteiger partial charge in [-0.15, -0.1) is 0 Å². The minimum absolute atomic E-state index is 0.258. The molecule has 0 heterocycles. The molecule has 0 unspecified atom stereocenters. The lowest BCUT2D eigenvalue weighted by atomic mass is 9.82. The summed E-state index contributed by atoms with van der Waals surface area (Å²) in [6.45, 7) is 5.68. The van der Waals surface area contributed by atoms with Gasteiger partial charge in [-0.2, -0.15) is 0 Å². The highest BCUT2D eigenvalue weighted by Crippen LogP contribution is 2.27. The van der Waals surface area contributed by atoms with Crippen molar-refractivity contribution < 1.29 is 13.9 Å². The number of carbonyl (C=O) groups is 1. The third kappa shape index (κ3) is 6.03. The van der Waals surface area contributed by atoms with Crippen LogP contribution in [0.2, 0.25) is 5.02 Å². The monoisotopic (exact) mass is 406 g/mol. The Bertz CT molecular complexity index is 803. The quantitative estimate of drug-likeness (QED) is 0.640. The Morgan fingerprint density at radius 1 is 1.21 bits per heavy atom. The summed E-state index contributed by atoms with van der Waals surface area (Å²) in [5.74, 6) is -1.13. The van der Waals surface area contributed by atoms with Crippen LogP contribution < -0.4 is 11.5 Å². The highest BCUT2D eigenvalue weighted by molar-refractivity contribution is 6.30. The van der Waals surface area contributed by atoms with E-state index in [1.54, 1.807) is 26.8 Å². The molecule has 0 fully saturated rings. The van der Waals surface area contributed by atoms with Gasteiger partial charge in [0.1, 0.15) is 5.82 Å². The van der Waals surface area contributed by atoms with Gasteiger partial charge in [0.15, 0.2) is 0 Å². The van der Waals surface area contributed by atoms with Crippen LogP contribution in [0.1, 0.15) is 32.8 Å². The van der Waals surface area contributed by atoms with Crippen molar-refractivity contribution in [3.63, 3.8) is 0 Å². The summed E-state index contributed by atoms with van der Waals surface area (Å²) >= 11 is 5.97. The van der Waals surface area contributed by atoms with Crippen LogP contribution >= 0.6 is 11.6 Å². The van der Waals surface area contributed by atoms with E-state index in [2.05, 4.69) is 0 Å². The zero-order valence-corrected chi connectivity index (χ0v) is 17.3. The lowest BCUT2D eigenvalue weighted by molar-refractivity contribution is -0.150. The fourth-order valence-electron chi connectivity index (χ4n) is 3.17. The maximum absolute atomic E-state index is 14.0. The van der Waals surface area contributed by atoms with E-state index in [1.807, 2.05) is 24.3 Å². The Morgan fingerprint density at radius 2 is 1.86 bits per heavy atom. The molecule has 0 saturated heterocycles. The summed E-state index contributed by atoms with van der Waals surface area (Å²) < 4.78 is 19.2. The van der Waals surface area contributed by atoms with E-state index in [0.717, 1.165) is 11.1 Å². The van der Waals surface area contributed by atoms with Crippen LogP contribution in [0.15, 0.2) is 42.5 Å². The van der Waals surface area contributed by atoms with E-state index in [1.165, 1.54) is 12.1 Å². The third-order valence-electron chi connectivity index (χ3n) is 4.70. The Hall–Kier alpha value is -1.95. The van der Waals surface area contributed by atoms with Gasteiger partial charge in [-0.05, 0) is 62.9 Å². The van der Waals surface area contributed by atoms with Crippen LogP contribution in [0.3, 0.4) is 0 Å². The molecular weight excluding hydrogens is 379 g/mol. The van der Waals surface area contributed by atoms with Crippen LogP contribution in [-0.4, -0.2) is 24.2 Å². The summed E-state index contributed by atoms with van der Waals surface area (Å²) in [6.07, 6.45) is 0.997. The molecule has 0 bridgehead atoms. The van der Waals surface area contributed by atoms with Gasteiger partial charge in [-0.25, -0.2) is 4.39 Å². The second kappa shape index (κ2) is 9.50. The first kappa shape index (κ1) is 22.3. The predicted molar refractivity (Wildman–Crippen MR) is 112 cm³/mol. The third-order valence-corrected chi connectivity index (χ3v) is 4.93. The second-order valence-corrected chi connectivity index (χ2v) is 8.08. The van der Waals surface area contributed by atoms with Gasteiger partial charge >= 0.3 is 5.97 Å². The van der Waals surface area contributed by atoms with Crippen molar-refractivity contribution in [2.75, 3.05) is 6.61 Å². The molecule has 6 heteroatoms. The summed E-state index contributed by atoms with van der Waals surface area (Å²) in [7, 11) is 0. The van der Waals surface area contributed by atoms with E-state index < -0.39 is 11.5 Å². The van der Waals surface area contributed by atoms with Crippen molar-refractivity contribution in [1.82, 2.24) is 0 Å². The zero-order valence-electron chi connectivity index (χ0n) is 16.5. The van der Waals surface area contributed by atoms with Crippen molar-refractivity contribution in [1.29, 1.82) is 0 Å². The van der Waals surface area contributed by atoms with E-state index in [-0.39, 0.29) is 17.8 Å². The van der Waals surface area contributed by atoms with Gasteiger partial charge < -0.3 is 16.2 Å². The molecule has 2 aromatic carbocycles. The van der Waals surface area contributed by atoms with Gasteiger partial charge in [-0.1, -0.05) is 35.9 Å². The van der Waals surface area contributed by atoms with E-state index in [0.29, 0.717) is 30.0 Å². The van der Waals surface area contributed by atoms with Crippen molar-refractivity contribution in [2.45, 2.75) is 45.2 Å². The summed E-state index contributed by atoms with van der Waals surface area (Å²) in [5, 5.41) is 0.483. The molecule has 0 aromatic heterocycles. The van der Waals surface area contributed by atoms with Gasteiger partial charge in [-0.3, -0.25) is 4.79 Å². The lowest BCUT2D eigenvalue weighted by Crippen LogP contribution is -2.48. The van der Waals surface area contributed by atoms with Crippen LogP contribution in [-0.2, 0) is 16.0 Å². The highest BCUT2D eigenvalue weighted by atomic mass is 35.5. The normalized spacial score (nSPS) is 13.8. The first-order valence-electron chi connectivity index (χ1n) is 9.37. The number of halogens is 2. The number of rotatable bonds is 8. The molecule has 152 valence electrons. The number of carbonyl (C=O) groups excluding carboxylic acids is 1. The van der Waals surface area contributed by atoms with Crippen LogP contribution in [0.5, 0.6) is 0 Å². The number of esters is 1. The largest absolute Gasteiger partial charge is 0.466 e. The summed E-state index contributed by atoms with van der Waals surface area (Å²) in [4.78, 5) is 12.2. The van der Waals surface area contributed by atoms with Crippen molar-refractivity contribution in [3.05, 3.63) is 58.9 Å². The second-order valence-electron chi connectivity index (χ2n) is 7.65. The van der Waals surface area contributed by atoms with Crippen molar-refractivity contribution in [3.8, 4) is 11.1 Å². The molecule has 2 rings (SSSR count). The zero-order chi connectivity index (χ0) is 20.9. The molecule has 28 heavy (non-hydrogen) atoms. The first-order chi connectivity index (χ1) is 13.1. The molecule has 0 spiro atoms. The van der Waals surface area contributed by atoms with Crippen LogP contribution in [0, 0.1) is 11.7 Å². The maximum atomic E-state index is 14.0. The average molecular weight is 407 g/mol. The molecule has 0 amide bonds. The highest BCUT2D eigenvalue weighted by Gasteiger charge is 2.34. The molecular formula is C22H28ClFN2O2. The fraction of sp³-hybridized carbons (Fsp3) is 0.409. The topological polar surface area (TPSA) is 78.3 Å². The Morgan fingerprint density at radius 3 is 2.43 bits per heavy atom. The number of benzene rings is 2. The summed E-state index contributed by atoms with van der Waals surface area (Å²) in [6, 6.07) is 11.7. The number of ether oxygens (including phenoxy) is 1. The minimum Gasteiger partial charge on any atom is -0.466 e. The molecule has 2 aromatic rings. The smallest absolute Gasteiger partial charge is 0.310 e. The molecule has 2 atom stereocenters. The molecule has 4 N–H and O–H groups in total. The summed E-state index contributed by atoms with van der Waals surface area (Å²) in [5.41, 5.74) is 13.9. The van der Waals surface area contributed by atoms with E-state index in [9.17, 15) is 9.18 Å². The predicted octanol–water partition coefficient (Wildman–Crippen LogP) is 4.32. The van der Waals surface area contributed by atoms with Crippen LogP contribution in [0.25, 0.3) is 11.1 Å². The lowest BCUT2D eigenvalue weighted by Gasteiger charge is -2.30. The van der Waals surface area contributed by atoms with Gasteiger partial charge in [0, 0.05) is 22.2 Å². The average Bonchev–Trinajstić information content (AvgIpc) is 2.61. The van der Waals surface area contributed by atoms with Crippen LogP contribution in [0.4, 0.5) is 4.39 Å². The minimum atomic E-state index is -0.724. The molecule has 0 aliphatic carbocycles. The molecule has 0 aliphatic rings. The molecule has 0 saturated carbocycles. The maximum Gasteiger partial charge on any atom is 0.310 e. The van der Waals surface area contributed by atoms with Gasteiger partial charge in [0.2, 0.25) is 0 Å². The molecule has 0 radical (unpaired) electrons. The Kier molecular flexibility index (Phi) is 7.58. The first-order valence-corrected chi connectivity index (χ1v) is 9.75. The van der Waals surface area contributed by atoms with Crippen molar-refractivity contribution in [2.24, 2.45) is 17.4 Å². The molecule has 4 nitrogen and oxygen atoms in total. The number of nitrogens with two attached hydrogens (primary N) is 2. The fourth-order valence-corrected chi connectivity index (χ4v) is 3.35. The van der Waals surface area contributed by atoms with E-state index >= 15 is 0 Å². The van der Waals surface area contributed by atoms with E-state index in [4.69, 9.17) is 27.8 Å². The Labute approximate surface area is 171 Å². The SMILES string of the molecule is CCOC(=O)[C@@H](C[C@H](N)Cc1ccc(-c2cc(Cl)ccc2F)cc1)C(C)(C)N. The number of hydrogen-bond acceptors (Lipinski definition) is 4. The Balaban J connectivity index is 2.08. The van der Waals surface area contributed by atoms with Gasteiger partial charge in [0.25, 0.3) is 0 Å². The standard InChI is InChI=1S/C22H28ClFN2O2/c1-4-28-21(27)19(22(2,3)26)13-17(25)11-14-5-7-15(8-6-14)18-12-16(23)9-10-20(18)24/h5-10,12,17,19H,4,11,13,25-26H2,1-3H3/t17-,19-/m1/s1. The molecule has 0 aliphatic heterocycles. The van der Waals surface area contributed by atoms with Crippen molar-refractivity contribution >= 4 is 17.6 Å². The number of hydrogen-bond donors (Lipinski definition) is 2.